The highest BCUT2D eigenvalue weighted by molar-refractivity contribution is 7.99. The summed E-state index contributed by atoms with van der Waals surface area (Å²) in [7, 11) is 0. The smallest absolute Gasteiger partial charge is 0.0431 e. The molecule has 0 aromatic heterocycles. The molecule has 0 spiro atoms. The number of hydrogen-bond donors (Lipinski definition) is 2. The van der Waals surface area contributed by atoms with Crippen molar-refractivity contribution in [2.45, 2.75) is 64.2 Å². The van der Waals surface area contributed by atoms with E-state index >= 15 is 0 Å². The van der Waals surface area contributed by atoms with Crippen molar-refractivity contribution in [3.05, 3.63) is 34.9 Å². The van der Waals surface area contributed by atoms with Crippen LogP contribution in [0, 0.1) is 5.92 Å². The Kier molecular flexibility index (Phi) is 9.22. The lowest BCUT2D eigenvalue weighted by atomic mass is 9.82. The number of aryl methyl sites for hydroxylation is 1. The molecule has 2 atom stereocenters. The van der Waals surface area contributed by atoms with Crippen LogP contribution in [0.3, 0.4) is 0 Å². The molecule has 2 nitrogen and oxygen atoms in total. The molecule has 0 aliphatic heterocycles. The molecule has 0 saturated heterocycles. The van der Waals surface area contributed by atoms with Gasteiger partial charge in [-0.2, -0.15) is 11.8 Å². The van der Waals surface area contributed by atoms with Gasteiger partial charge in [-0.3, -0.25) is 0 Å². The molecule has 0 radical (unpaired) electrons. The van der Waals surface area contributed by atoms with E-state index in [9.17, 15) is 0 Å². The van der Waals surface area contributed by atoms with Gasteiger partial charge in [0.15, 0.2) is 0 Å². The lowest BCUT2D eigenvalue weighted by Gasteiger charge is -2.26. The van der Waals surface area contributed by atoms with E-state index in [1.807, 2.05) is 0 Å². The standard InChI is InChI=1S/C21H35NOS/c1-2-3-12-24-16-17-7-8-19-14-20(10-9-18(19)13-17)21(15-22)6-4-5-11-23/h9-10,14,17,21,23H,2-8,11-13,15-16,22H2,1H3/t17?,21-/m1/s1. The molecule has 1 aromatic rings. The Labute approximate surface area is 152 Å². The highest BCUT2D eigenvalue weighted by Crippen LogP contribution is 2.31. The lowest BCUT2D eigenvalue weighted by molar-refractivity contribution is 0.281. The SMILES string of the molecule is CCCCSCC1CCc2cc([C@@H](CN)CCCCO)ccc2C1. The summed E-state index contributed by atoms with van der Waals surface area (Å²) in [5, 5.41) is 8.96. The summed E-state index contributed by atoms with van der Waals surface area (Å²) in [5.41, 5.74) is 10.5. The quantitative estimate of drug-likeness (QED) is 0.577. The Hall–Kier alpha value is -0.510. The van der Waals surface area contributed by atoms with Crippen LogP contribution in [0.15, 0.2) is 18.2 Å². The number of aliphatic hydroxyl groups is 1. The van der Waals surface area contributed by atoms with Gasteiger partial charge in [-0.1, -0.05) is 38.0 Å². The van der Waals surface area contributed by atoms with Gasteiger partial charge in [0, 0.05) is 6.61 Å². The fraction of sp³-hybridized carbons (Fsp3) is 0.714. The highest BCUT2D eigenvalue weighted by atomic mass is 32.2. The predicted molar refractivity (Wildman–Crippen MR) is 107 cm³/mol. The van der Waals surface area contributed by atoms with E-state index in [2.05, 4.69) is 36.9 Å². The van der Waals surface area contributed by atoms with Crippen LogP contribution in [0.2, 0.25) is 0 Å². The second-order valence-corrected chi connectivity index (χ2v) is 8.37. The predicted octanol–water partition coefficient (Wildman–Crippen LogP) is 4.53. The van der Waals surface area contributed by atoms with E-state index in [-0.39, 0.29) is 0 Å². The van der Waals surface area contributed by atoms with Gasteiger partial charge in [0.1, 0.15) is 0 Å². The van der Waals surface area contributed by atoms with Crippen molar-refractivity contribution in [1.82, 2.24) is 0 Å². The molecule has 3 N–H and O–H groups in total. The van der Waals surface area contributed by atoms with E-state index in [0.717, 1.165) is 25.2 Å². The van der Waals surface area contributed by atoms with Crippen LogP contribution in [0.5, 0.6) is 0 Å². The maximum atomic E-state index is 8.96. The van der Waals surface area contributed by atoms with Crippen LogP contribution in [-0.2, 0) is 12.8 Å². The van der Waals surface area contributed by atoms with Gasteiger partial charge in [0.2, 0.25) is 0 Å². The third-order valence-corrected chi connectivity index (χ3v) is 6.56. The zero-order valence-electron chi connectivity index (χ0n) is 15.3. The summed E-state index contributed by atoms with van der Waals surface area (Å²) in [5.74, 6) is 3.96. The van der Waals surface area contributed by atoms with Crippen LogP contribution >= 0.6 is 11.8 Å². The van der Waals surface area contributed by atoms with Crippen molar-refractivity contribution >= 4 is 11.8 Å². The van der Waals surface area contributed by atoms with Crippen LogP contribution in [0.25, 0.3) is 0 Å². The zero-order chi connectivity index (χ0) is 17.2. The van der Waals surface area contributed by atoms with Gasteiger partial charge in [-0.15, -0.1) is 0 Å². The number of unbranched alkanes of at least 4 members (excludes halogenated alkanes) is 2. The maximum absolute atomic E-state index is 8.96. The second kappa shape index (κ2) is 11.2. The molecule has 0 fully saturated rings. The molecule has 1 aliphatic carbocycles. The normalized spacial score (nSPS) is 18.4. The molecule has 136 valence electrons. The molecule has 0 bridgehead atoms. The molecule has 1 aliphatic rings. The Morgan fingerprint density at radius 3 is 2.88 bits per heavy atom. The first-order valence-electron chi connectivity index (χ1n) is 9.78. The van der Waals surface area contributed by atoms with Crippen molar-refractivity contribution in [3.8, 4) is 0 Å². The van der Waals surface area contributed by atoms with Crippen molar-refractivity contribution in [3.63, 3.8) is 0 Å². The molecule has 24 heavy (non-hydrogen) atoms. The first kappa shape index (κ1) is 19.8. The van der Waals surface area contributed by atoms with Crippen LogP contribution < -0.4 is 5.73 Å². The molecule has 0 amide bonds. The number of rotatable bonds is 11. The van der Waals surface area contributed by atoms with E-state index < -0.39 is 0 Å². The van der Waals surface area contributed by atoms with E-state index in [4.69, 9.17) is 10.8 Å². The van der Waals surface area contributed by atoms with Crippen molar-refractivity contribution in [1.29, 1.82) is 0 Å². The van der Waals surface area contributed by atoms with E-state index in [1.54, 1.807) is 11.1 Å². The number of thioether (sulfide) groups is 1. The van der Waals surface area contributed by atoms with Gasteiger partial charge in [-0.25, -0.2) is 0 Å². The summed E-state index contributed by atoms with van der Waals surface area (Å²) in [6.07, 6.45) is 9.53. The zero-order valence-corrected chi connectivity index (χ0v) is 16.1. The van der Waals surface area contributed by atoms with Crippen LogP contribution in [0.4, 0.5) is 0 Å². The lowest BCUT2D eigenvalue weighted by Crippen LogP contribution is -2.18. The van der Waals surface area contributed by atoms with Crippen molar-refractivity contribution < 1.29 is 5.11 Å². The molecule has 3 heteroatoms. The molecule has 1 unspecified atom stereocenters. The minimum atomic E-state index is 0.291. The highest BCUT2D eigenvalue weighted by Gasteiger charge is 2.20. The topological polar surface area (TPSA) is 46.2 Å². The molecule has 2 rings (SSSR count). The molecule has 0 heterocycles. The van der Waals surface area contributed by atoms with Gasteiger partial charge in [0.05, 0.1) is 0 Å². The number of nitrogens with two attached hydrogens (primary N) is 1. The van der Waals surface area contributed by atoms with Gasteiger partial charge >= 0.3 is 0 Å². The van der Waals surface area contributed by atoms with Crippen molar-refractivity contribution in [2.24, 2.45) is 11.7 Å². The summed E-state index contributed by atoms with van der Waals surface area (Å²) in [4.78, 5) is 0. The number of benzene rings is 1. The summed E-state index contributed by atoms with van der Waals surface area (Å²) in [6.45, 7) is 3.27. The van der Waals surface area contributed by atoms with Gasteiger partial charge < -0.3 is 10.8 Å². The molecular formula is C21H35NOS. The van der Waals surface area contributed by atoms with E-state index in [1.165, 1.54) is 49.2 Å². The average Bonchev–Trinajstić information content (AvgIpc) is 2.62. The Balaban J connectivity index is 1.90. The molecule has 0 saturated carbocycles. The fourth-order valence-electron chi connectivity index (χ4n) is 3.67. The summed E-state index contributed by atoms with van der Waals surface area (Å²) < 4.78 is 0. The van der Waals surface area contributed by atoms with Gasteiger partial charge in [0.25, 0.3) is 0 Å². The average molecular weight is 350 g/mol. The van der Waals surface area contributed by atoms with Gasteiger partial charge in [-0.05, 0) is 85.1 Å². The van der Waals surface area contributed by atoms with E-state index in [0.29, 0.717) is 19.1 Å². The Bertz CT molecular complexity index is 477. The Morgan fingerprint density at radius 1 is 1.25 bits per heavy atom. The maximum Gasteiger partial charge on any atom is 0.0431 e. The Morgan fingerprint density at radius 2 is 2.12 bits per heavy atom. The minimum absolute atomic E-state index is 0.291. The molecular weight excluding hydrogens is 314 g/mol. The van der Waals surface area contributed by atoms with Crippen LogP contribution in [-0.4, -0.2) is 29.8 Å². The number of aliphatic hydroxyl groups excluding tert-OH is 1. The fourth-order valence-corrected chi connectivity index (χ4v) is 4.94. The third-order valence-electron chi connectivity index (χ3n) is 5.27. The number of fused-ring (bicyclic) bond motifs is 1. The monoisotopic (exact) mass is 349 g/mol. The van der Waals surface area contributed by atoms with Crippen molar-refractivity contribution in [2.75, 3.05) is 24.7 Å². The summed E-state index contributed by atoms with van der Waals surface area (Å²) >= 11 is 2.14. The summed E-state index contributed by atoms with van der Waals surface area (Å²) in [6, 6.07) is 7.09. The first-order valence-corrected chi connectivity index (χ1v) is 10.9. The largest absolute Gasteiger partial charge is 0.396 e. The van der Waals surface area contributed by atoms with Crippen LogP contribution in [0.1, 0.15) is 68.1 Å². The second-order valence-electron chi connectivity index (χ2n) is 7.22. The third kappa shape index (κ3) is 6.09. The molecule has 1 aromatic carbocycles. The number of hydrogen-bond acceptors (Lipinski definition) is 3. The minimum Gasteiger partial charge on any atom is -0.396 e. The first-order chi connectivity index (χ1) is 11.8.